The van der Waals surface area contributed by atoms with Crippen molar-refractivity contribution in [1.82, 2.24) is 4.90 Å². The highest BCUT2D eigenvalue weighted by Crippen LogP contribution is 2.65. The number of benzene rings is 1. The lowest BCUT2D eigenvalue weighted by atomic mass is 9.62. The highest BCUT2D eigenvalue weighted by atomic mass is 16.6. The van der Waals surface area contributed by atoms with Gasteiger partial charge in [0.25, 0.3) is 5.91 Å². The number of hydrogen-bond acceptors (Lipinski definition) is 6. The third kappa shape index (κ3) is 4.61. The van der Waals surface area contributed by atoms with Gasteiger partial charge in [-0.25, -0.2) is 0 Å². The minimum absolute atomic E-state index is 0.00985. The zero-order valence-corrected chi connectivity index (χ0v) is 23.7. The number of aliphatic hydroxyl groups excluding tert-OH is 1. The van der Waals surface area contributed by atoms with Gasteiger partial charge in [-0.3, -0.25) is 14.4 Å². The topological polar surface area (TPSA) is 96.4 Å². The number of likely N-dealkylation sites (tertiary alicyclic amines) is 1. The smallest absolute Gasteiger partial charge is 0.312 e. The molecule has 1 spiro atoms. The van der Waals surface area contributed by atoms with Crippen LogP contribution in [0.1, 0.15) is 50.7 Å². The highest BCUT2D eigenvalue weighted by Gasteiger charge is 2.80. The molecular weight excluding hydrogens is 496 g/mol. The van der Waals surface area contributed by atoms with Crippen LogP contribution in [0.25, 0.3) is 0 Å². The number of nitrogens with zero attached hydrogens (tertiary/aromatic N) is 2. The van der Waals surface area contributed by atoms with E-state index in [2.05, 4.69) is 13.2 Å². The molecule has 0 aromatic heterocycles. The molecule has 212 valence electrons. The summed E-state index contributed by atoms with van der Waals surface area (Å²) in [5, 5.41) is 9.42. The molecule has 2 bridgehead atoms. The Kier molecular flexibility index (Phi) is 8.38. The van der Waals surface area contributed by atoms with Gasteiger partial charge < -0.3 is 24.4 Å². The number of aryl methyl sites for hydroxylation is 2. The fraction of sp³-hybridized carbons (Fsp3) is 0.581. The summed E-state index contributed by atoms with van der Waals surface area (Å²) in [5.74, 6) is -2.67. The van der Waals surface area contributed by atoms with Gasteiger partial charge >= 0.3 is 5.97 Å². The van der Waals surface area contributed by atoms with Crippen LogP contribution in [0.5, 0.6) is 0 Å². The molecule has 39 heavy (non-hydrogen) atoms. The first kappa shape index (κ1) is 29.0. The molecule has 3 aliphatic rings. The van der Waals surface area contributed by atoms with Crippen molar-refractivity contribution in [2.24, 2.45) is 17.8 Å². The number of para-hydroxylation sites is 1. The summed E-state index contributed by atoms with van der Waals surface area (Å²) < 4.78 is 12.4. The summed E-state index contributed by atoms with van der Waals surface area (Å²) in [6.07, 6.45) is 5.38. The van der Waals surface area contributed by atoms with Crippen LogP contribution in [0.3, 0.4) is 0 Å². The average molecular weight is 539 g/mol. The Morgan fingerprint density at radius 3 is 2.54 bits per heavy atom. The van der Waals surface area contributed by atoms with E-state index >= 15 is 0 Å². The van der Waals surface area contributed by atoms with Crippen molar-refractivity contribution < 1.29 is 29.0 Å². The predicted octanol–water partition coefficient (Wildman–Crippen LogP) is 3.72. The number of carbonyl (C=O) groups excluding carboxylic acids is 3. The minimum Gasteiger partial charge on any atom is -0.465 e. The molecule has 3 aliphatic heterocycles. The molecule has 3 saturated heterocycles. The molecule has 0 aliphatic carbocycles. The number of amides is 2. The van der Waals surface area contributed by atoms with Crippen LogP contribution in [0.4, 0.5) is 5.69 Å². The van der Waals surface area contributed by atoms with Crippen LogP contribution in [-0.2, 0) is 23.9 Å². The number of carbonyl (C=O) groups is 3. The monoisotopic (exact) mass is 538 g/mol. The summed E-state index contributed by atoms with van der Waals surface area (Å²) in [6.45, 7) is 16.1. The summed E-state index contributed by atoms with van der Waals surface area (Å²) in [4.78, 5) is 45.7. The fourth-order valence-corrected chi connectivity index (χ4v) is 7.14. The largest absolute Gasteiger partial charge is 0.465 e. The SMILES string of the molecule is C=CCCOC(=O)[C@@H]1[C@H]2C(=O)N(CCCCO)C(C(=O)N(CC=C)c3c(C)cccc3C)C23CC(C)[C@@]1(C)O3. The normalized spacial score (nSPS) is 30.8. The van der Waals surface area contributed by atoms with E-state index in [1.165, 1.54) is 0 Å². The van der Waals surface area contributed by atoms with Crippen molar-refractivity contribution in [2.75, 3.05) is 31.2 Å². The van der Waals surface area contributed by atoms with E-state index in [0.29, 0.717) is 25.7 Å². The maximum Gasteiger partial charge on any atom is 0.312 e. The standard InChI is InChI=1S/C31H42N2O6/c1-7-9-18-38-29(37)24-23-27(35)33(16-10-11-17-34)26(31(23)19-22(5)30(24,6)39-31)28(36)32(15-8-2)25-20(3)13-12-14-21(25)4/h7-8,12-14,22-24,26,34H,1-2,9-11,15-19H2,3-6H3/t22?,23-,24-,26?,30+,31?/m0/s1. The van der Waals surface area contributed by atoms with Gasteiger partial charge in [0.1, 0.15) is 17.6 Å². The Morgan fingerprint density at radius 2 is 1.92 bits per heavy atom. The first-order chi connectivity index (χ1) is 18.6. The zero-order valence-electron chi connectivity index (χ0n) is 23.7. The molecule has 0 saturated carbocycles. The molecule has 3 fully saturated rings. The van der Waals surface area contributed by atoms with Gasteiger partial charge in [0.05, 0.1) is 18.1 Å². The molecule has 0 radical (unpaired) electrons. The van der Waals surface area contributed by atoms with Crippen LogP contribution in [0.2, 0.25) is 0 Å². The Labute approximate surface area is 231 Å². The van der Waals surface area contributed by atoms with Crippen LogP contribution >= 0.6 is 0 Å². The number of ether oxygens (including phenoxy) is 2. The van der Waals surface area contributed by atoms with Crippen LogP contribution in [0, 0.1) is 31.6 Å². The minimum atomic E-state index is -1.15. The Bertz CT molecular complexity index is 1130. The average Bonchev–Trinajstić information content (AvgIpc) is 3.40. The summed E-state index contributed by atoms with van der Waals surface area (Å²) in [5.41, 5.74) is 0.590. The van der Waals surface area contributed by atoms with E-state index in [-0.39, 0.29) is 44.0 Å². The van der Waals surface area contributed by atoms with E-state index in [1.54, 1.807) is 22.0 Å². The van der Waals surface area contributed by atoms with Crippen molar-refractivity contribution in [1.29, 1.82) is 0 Å². The molecule has 1 aromatic carbocycles. The van der Waals surface area contributed by atoms with Crippen molar-refractivity contribution >= 4 is 23.5 Å². The molecule has 4 rings (SSSR count). The maximum absolute atomic E-state index is 14.7. The number of anilines is 1. The maximum atomic E-state index is 14.7. The summed E-state index contributed by atoms with van der Waals surface area (Å²) >= 11 is 0. The number of aliphatic hydroxyl groups is 1. The summed E-state index contributed by atoms with van der Waals surface area (Å²) in [6, 6.07) is 4.96. The van der Waals surface area contributed by atoms with E-state index in [1.807, 2.05) is 45.9 Å². The lowest BCUT2D eigenvalue weighted by Gasteiger charge is -2.38. The number of hydrogen-bond donors (Lipinski definition) is 1. The van der Waals surface area contributed by atoms with Crippen molar-refractivity contribution in [2.45, 2.75) is 70.6 Å². The molecule has 3 unspecified atom stereocenters. The molecule has 8 heteroatoms. The van der Waals surface area contributed by atoms with Gasteiger partial charge in [0.2, 0.25) is 5.91 Å². The number of fused-ring (bicyclic) bond motifs is 1. The van der Waals surface area contributed by atoms with Crippen molar-refractivity contribution in [3.63, 3.8) is 0 Å². The number of esters is 1. The van der Waals surface area contributed by atoms with E-state index in [4.69, 9.17) is 9.47 Å². The first-order valence-electron chi connectivity index (χ1n) is 14.0. The number of unbranched alkanes of at least 4 members (excludes halogenated alkanes) is 1. The molecule has 6 atom stereocenters. The van der Waals surface area contributed by atoms with E-state index in [0.717, 1.165) is 16.8 Å². The second-order valence-electron chi connectivity index (χ2n) is 11.4. The van der Waals surface area contributed by atoms with Gasteiger partial charge in [0, 0.05) is 25.4 Å². The van der Waals surface area contributed by atoms with Gasteiger partial charge in [-0.2, -0.15) is 0 Å². The first-order valence-corrected chi connectivity index (χ1v) is 14.0. The van der Waals surface area contributed by atoms with Crippen LogP contribution in [0.15, 0.2) is 43.5 Å². The van der Waals surface area contributed by atoms with Gasteiger partial charge in [-0.05, 0) is 63.5 Å². The van der Waals surface area contributed by atoms with Gasteiger partial charge in [-0.15, -0.1) is 13.2 Å². The molecule has 8 nitrogen and oxygen atoms in total. The lowest BCUT2D eigenvalue weighted by Crippen LogP contribution is -2.57. The predicted molar refractivity (Wildman–Crippen MR) is 149 cm³/mol. The Morgan fingerprint density at radius 1 is 1.23 bits per heavy atom. The summed E-state index contributed by atoms with van der Waals surface area (Å²) in [7, 11) is 0. The third-order valence-electron chi connectivity index (χ3n) is 8.96. The molecular formula is C31H42N2O6. The lowest BCUT2D eigenvalue weighted by molar-refractivity contribution is -0.161. The van der Waals surface area contributed by atoms with Crippen LogP contribution in [-0.4, -0.2) is 71.3 Å². The van der Waals surface area contributed by atoms with Gasteiger partial charge in [0.15, 0.2) is 0 Å². The second-order valence-corrected chi connectivity index (χ2v) is 11.4. The zero-order chi connectivity index (χ0) is 28.5. The Balaban J connectivity index is 1.81. The molecule has 1 N–H and O–H groups in total. The number of rotatable bonds is 12. The Hall–Kier alpha value is -2.97. The van der Waals surface area contributed by atoms with E-state index in [9.17, 15) is 19.5 Å². The molecule has 1 aromatic rings. The van der Waals surface area contributed by atoms with Crippen molar-refractivity contribution in [3.05, 3.63) is 54.6 Å². The fourth-order valence-electron chi connectivity index (χ4n) is 7.14. The molecule has 2 amide bonds. The van der Waals surface area contributed by atoms with Crippen LogP contribution < -0.4 is 4.90 Å². The van der Waals surface area contributed by atoms with Gasteiger partial charge in [-0.1, -0.05) is 37.3 Å². The molecule has 3 heterocycles. The second kappa shape index (κ2) is 11.3. The third-order valence-corrected chi connectivity index (χ3v) is 8.96. The highest BCUT2D eigenvalue weighted by molar-refractivity contribution is 6.05. The van der Waals surface area contributed by atoms with Crippen molar-refractivity contribution in [3.8, 4) is 0 Å². The quantitative estimate of drug-likeness (QED) is 0.248. The van der Waals surface area contributed by atoms with E-state index < -0.39 is 35.0 Å².